The summed E-state index contributed by atoms with van der Waals surface area (Å²) in [5.41, 5.74) is 4.25. The number of unbranched alkanes of at least 4 members (excludes halogenated alkanes) is 1. The second-order valence-electron chi connectivity index (χ2n) is 7.94. The van der Waals surface area contributed by atoms with Crippen molar-refractivity contribution in [3.63, 3.8) is 0 Å². The van der Waals surface area contributed by atoms with Gasteiger partial charge in [-0.2, -0.15) is 5.26 Å². The predicted molar refractivity (Wildman–Crippen MR) is 132 cm³/mol. The summed E-state index contributed by atoms with van der Waals surface area (Å²) in [5, 5.41) is 12.7. The quantitative estimate of drug-likeness (QED) is 0.257. The van der Waals surface area contributed by atoms with Gasteiger partial charge in [-0.3, -0.25) is 4.79 Å². The van der Waals surface area contributed by atoms with E-state index in [1.54, 1.807) is 14.0 Å². The molecule has 0 saturated heterocycles. The molecule has 176 valence electrons. The van der Waals surface area contributed by atoms with Crippen LogP contribution in [0.1, 0.15) is 37.8 Å². The zero-order valence-corrected chi connectivity index (χ0v) is 19.8. The summed E-state index contributed by atoms with van der Waals surface area (Å²) in [4.78, 5) is 26.9. The van der Waals surface area contributed by atoms with Gasteiger partial charge in [-0.05, 0) is 37.6 Å². The van der Waals surface area contributed by atoms with E-state index in [4.69, 9.17) is 9.47 Å². The highest BCUT2D eigenvalue weighted by Crippen LogP contribution is 2.47. The molecule has 0 radical (unpaired) electrons. The van der Waals surface area contributed by atoms with E-state index in [-0.39, 0.29) is 24.3 Å². The molecule has 0 bridgehead atoms. The molecule has 1 aliphatic heterocycles. The van der Waals surface area contributed by atoms with Crippen molar-refractivity contribution >= 4 is 28.8 Å². The Morgan fingerprint density at radius 3 is 2.56 bits per heavy atom. The molecule has 2 aromatic rings. The van der Waals surface area contributed by atoms with Crippen LogP contribution in [0.3, 0.4) is 0 Å². The molecule has 1 N–H and O–H groups in total. The van der Waals surface area contributed by atoms with E-state index in [0.29, 0.717) is 11.3 Å². The number of methoxy groups -OCH3 is 1. The van der Waals surface area contributed by atoms with Crippen molar-refractivity contribution in [1.82, 2.24) is 5.32 Å². The van der Waals surface area contributed by atoms with Crippen LogP contribution in [0.5, 0.6) is 5.75 Å². The second kappa shape index (κ2) is 11.2. The Morgan fingerprint density at radius 2 is 1.88 bits per heavy atom. The highest BCUT2D eigenvalue weighted by atomic mass is 16.5. The van der Waals surface area contributed by atoms with E-state index in [0.717, 1.165) is 41.9 Å². The molecule has 1 amide bonds. The molecular formula is C27H29N3O4. The Kier molecular flexibility index (Phi) is 8.10. The van der Waals surface area contributed by atoms with Crippen LogP contribution < -0.4 is 15.0 Å². The maximum Gasteiger partial charge on any atom is 0.333 e. The fraction of sp³-hybridized carbons (Fsp3) is 0.296. The summed E-state index contributed by atoms with van der Waals surface area (Å²) < 4.78 is 10.5. The molecule has 0 spiro atoms. The Morgan fingerprint density at radius 1 is 1.15 bits per heavy atom. The first kappa shape index (κ1) is 24.6. The van der Waals surface area contributed by atoms with Crippen molar-refractivity contribution in [2.24, 2.45) is 0 Å². The van der Waals surface area contributed by atoms with Crippen molar-refractivity contribution in [3.05, 3.63) is 71.3 Å². The van der Waals surface area contributed by atoms with Gasteiger partial charge in [0.15, 0.2) is 0 Å². The molecule has 2 aromatic carbocycles. The number of nitriles is 1. The van der Waals surface area contributed by atoms with Crippen LogP contribution in [0, 0.1) is 11.3 Å². The van der Waals surface area contributed by atoms with Gasteiger partial charge in [0.1, 0.15) is 24.0 Å². The summed E-state index contributed by atoms with van der Waals surface area (Å²) in [6.07, 6.45) is 2.03. The number of nitrogens with one attached hydrogen (secondary N) is 1. The number of rotatable bonds is 9. The molecule has 0 aliphatic carbocycles. The Hall–Kier alpha value is -4.05. The molecule has 7 nitrogen and oxygen atoms in total. The Balaban J connectivity index is 2.05. The monoisotopic (exact) mass is 459 g/mol. The molecule has 1 aliphatic rings. The van der Waals surface area contributed by atoms with Gasteiger partial charge < -0.3 is 19.7 Å². The highest BCUT2D eigenvalue weighted by Gasteiger charge is 2.30. The zero-order chi connectivity index (χ0) is 24.7. The molecule has 0 atom stereocenters. The van der Waals surface area contributed by atoms with E-state index in [1.165, 1.54) is 0 Å². The van der Waals surface area contributed by atoms with Gasteiger partial charge in [-0.25, -0.2) is 4.79 Å². The number of esters is 1. The maximum absolute atomic E-state index is 13.1. The van der Waals surface area contributed by atoms with Crippen molar-refractivity contribution in [3.8, 4) is 11.8 Å². The van der Waals surface area contributed by atoms with Gasteiger partial charge in [0.05, 0.1) is 13.7 Å². The van der Waals surface area contributed by atoms with E-state index in [2.05, 4.69) is 29.8 Å². The summed E-state index contributed by atoms with van der Waals surface area (Å²) in [6, 6.07) is 15.6. The van der Waals surface area contributed by atoms with Crippen LogP contribution in [-0.4, -0.2) is 38.7 Å². The van der Waals surface area contributed by atoms with Gasteiger partial charge in [0.25, 0.3) is 5.91 Å². The Bertz CT molecular complexity index is 1180. The van der Waals surface area contributed by atoms with Gasteiger partial charge in [-0.1, -0.05) is 38.1 Å². The molecule has 7 heteroatoms. The van der Waals surface area contributed by atoms with E-state index in [9.17, 15) is 14.9 Å². The summed E-state index contributed by atoms with van der Waals surface area (Å²) in [6.45, 7) is 8.08. The first-order chi connectivity index (χ1) is 16.4. The number of hydrogen-bond donors (Lipinski definition) is 1. The minimum atomic E-state index is -0.533. The number of amides is 1. The lowest BCUT2D eigenvalue weighted by molar-refractivity contribution is -0.139. The molecule has 1 heterocycles. The normalized spacial score (nSPS) is 13.2. The summed E-state index contributed by atoms with van der Waals surface area (Å²) in [5.74, 6) is -0.424. The predicted octanol–water partition coefficient (Wildman–Crippen LogP) is 4.51. The zero-order valence-electron chi connectivity index (χ0n) is 19.8. The third-order valence-corrected chi connectivity index (χ3v) is 5.52. The second-order valence-corrected chi connectivity index (χ2v) is 7.94. The molecule has 0 unspecified atom stereocenters. The smallest absolute Gasteiger partial charge is 0.333 e. The number of hydrogen-bond acceptors (Lipinski definition) is 6. The summed E-state index contributed by atoms with van der Waals surface area (Å²) >= 11 is 0. The number of nitrogens with zero attached hydrogens (tertiary/aromatic N) is 2. The van der Waals surface area contributed by atoms with Crippen LogP contribution in [-0.2, 0) is 14.3 Å². The van der Waals surface area contributed by atoms with Gasteiger partial charge >= 0.3 is 5.97 Å². The van der Waals surface area contributed by atoms with Crippen LogP contribution >= 0.6 is 0 Å². The van der Waals surface area contributed by atoms with Crippen LogP contribution in [0.25, 0.3) is 5.57 Å². The highest BCUT2D eigenvalue weighted by molar-refractivity contribution is 6.12. The largest absolute Gasteiger partial charge is 0.497 e. The lowest BCUT2D eigenvalue weighted by atomic mass is 9.86. The van der Waals surface area contributed by atoms with E-state index in [1.807, 2.05) is 42.5 Å². The molecule has 3 rings (SSSR count). The number of anilines is 2. The standard InChI is InChI=1S/C27H29N3O4/c1-5-6-14-30-23-10-8-7-9-20(23)25(21-16-19(33-4)11-12-24(21)30)22(17-28)26(31)29-13-15-34-27(32)18(2)3/h7-12,16H,2,5-6,13-15H2,1,3-4H3,(H,29,31). The minimum absolute atomic E-state index is 0.0108. The number of benzene rings is 2. The lowest BCUT2D eigenvalue weighted by Crippen LogP contribution is -2.31. The van der Waals surface area contributed by atoms with Crippen LogP contribution in [0.4, 0.5) is 11.4 Å². The topological polar surface area (TPSA) is 91.7 Å². The minimum Gasteiger partial charge on any atom is -0.497 e. The van der Waals surface area contributed by atoms with Crippen molar-refractivity contribution in [1.29, 1.82) is 5.26 Å². The number of carbonyl (C=O) groups excluding carboxylic acids is 2. The number of carbonyl (C=O) groups is 2. The third kappa shape index (κ3) is 5.12. The number of para-hydroxylation sites is 1. The van der Waals surface area contributed by atoms with Gasteiger partial charge in [0, 0.05) is 40.2 Å². The SMILES string of the molecule is C=C(C)C(=O)OCCNC(=O)C(C#N)=C1c2ccccc2N(CCCC)c2ccc(OC)cc21. The van der Waals surface area contributed by atoms with Crippen molar-refractivity contribution < 1.29 is 19.1 Å². The fourth-order valence-corrected chi connectivity index (χ4v) is 3.84. The Labute approximate surface area is 200 Å². The molecule has 0 saturated carbocycles. The van der Waals surface area contributed by atoms with Crippen LogP contribution in [0.15, 0.2) is 60.2 Å². The molecular weight excluding hydrogens is 430 g/mol. The van der Waals surface area contributed by atoms with Crippen molar-refractivity contribution in [2.45, 2.75) is 26.7 Å². The lowest BCUT2D eigenvalue weighted by Gasteiger charge is -2.35. The first-order valence-electron chi connectivity index (χ1n) is 11.2. The molecule has 0 fully saturated rings. The maximum atomic E-state index is 13.1. The fourth-order valence-electron chi connectivity index (χ4n) is 3.84. The van der Waals surface area contributed by atoms with Gasteiger partial charge in [-0.15, -0.1) is 0 Å². The number of ether oxygens (including phenoxy) is 2. The van der Waals surface area contributed by atoms with E-state index >= 15 is 0 Å². The average molecular weight is 460 g/mol. The number of fused-ring (bicyclic) bond motifs is 2. The molecule has 34 heavy (non-hydrogen) atoms. The van der Waals surface area contributed by atoms with E-state index < -0.39 is 11.9 Å². The first-order valence-corrected chi connectivity index (χ1v) is 11.2. The molecule has 0 aromatic heterocycles. The van der Waals surface area contributed by atoms with Crippen LogP contribution in [0.2, 0.25) is 0 Å². The third-order valence-electron chi connectivity index (χ3n) is 5.52. The van der Waals surface area contributed by atoms with Crippen molar-refractivity contribution in [2.75, 3.05) is 31.7 Å². The summed E-state index contributed by atoms with van der Waals surface area (Å²) in [7, 11) is 1.58. The average Bonchev–Trinajstić information content (AvgIpc) is 2.85. The van der Waals surface area contributed by atoms with Gasteiger partial charge in [0.2, 0.25) is 0 Å².